The van der Waals surface area contributed by atoms with E-state index in [2.05, 4.69) is 10.00 Å². The van der Waals surface area contributed by atoms with E-state index in [0.717, 1.165) is 25.3 Å². The first-order chi connectivity index (χ1) is 12.3. The van der Waals surface area contributed by atoms with Crippen LogP contribution in [0.1, 0.15) is 35.1 Å². The van der Waals surface area contributed by atoms with Gasteiger partial charge >= 0.3 is 0 Å². The predicted molar refractivity (Wildman–Crippen MR) is 95.9 cm³/mol. The third-order valence-corrected chi connectivity index (χ3v) is 5.50. The van der Waals surface area contributed by atoms with E-state index in [0.29, 0.717) is 37.3 Å². The first-order valence-electron chi connectivity index (χ1n) is 9.11. The Morgan fingerprint density at radius 2 is 1.85 bits per heavy atom. The monoisotopic (exact) mass is 361 g/mol. The Bertz CT molecular complexity index is 741. The van der Waals surface area contributed by atoms with Gasteiger partial charge in [-0.3, -0.25) is 24.0 Å². The number of hydrogen-bond acceptors (Lipinski definition) is 5. The fraction of sp³-hybridized carbons (Fsp3) is 0.667. The molecule has 0 radical (unpaired) electrons. The van der Waals surface area contributed by atoms with Crippen LogP contribution in [-0.4, -0.2) is 87.9 Å². The standard InChI is InChI=1S/C18H27N5O3/c1-12-17(14(3)24)13(2)23(19-12)6-5-16(25)22-10-9-21-8-7-20(4)18(26)15(21)11-22/h15H,5-11H2,1-4H3/t15-/m1/s1. The molecule has 0 spiro atoms. The Kier molecular flexibility index (Phi) is 5.13. The molecule has 0 N–H and O–H groups in total. The molecule has 2 fully saturated rings. The largest absolute Gasteiger partial charge is 0.343 e. The van der Waals surface area contributed by atoms with Crippen LogP contribution in [-0.2, 0) is 16.1 Å². The van der Waals surface area contributed by atoms with E-state index in [1.165, 1.54) is 6.92 Å². The molecule has 0 aliphatic carbocycles. The molecule has 1 aromatic rings. The van der Waals surface area contributed by atoms with Crippen molar-refractivity contribution >= 4 is 17.6 Å². The first kappa shape index (κ1) is 18.6. The Labute approximate surface area is 153 Å². The van der Waals surface area contributed by atoms with Gasteiger partial charge in [0.15, 0.2) is 5.78 Å². The summed E-state index contributed by atoms with van der Waals surface area (Å²) in [6.45, 7) is 9.11. The van der Waals surface area contributed by atoms with E-state index in [-0.39, 0.29) is 23.6 Å². The molecular weight excluding hydrogens is 334 g/mol. The maximum atomic E-state index is 12.6. The lowest BCUT2D eigenvalue weighted by Gasteiger charge is -2.45. The molecule has 0 unspecified atom stereocenters. The number of piperazine rings is 2. The summed E-state index contributed by atoms with van der Waals surface area (Å²) in [5.74, 6) is 0.120. The molecule has 1 aromatic heterocycles. The molecule has 2 aliphatic rings. The molecule has 1 atom stereocenters. The first-order valence-corrected chi connectivity index (χ1v) is 9.11. The van der Waals surface area contributed by atoms with Crippen LogP contribution >= 0.6 is 0 Å². The molecule has 3 heterocycles. The zero-order valence-electron chi connectivity index (χ0n) is 16.0. The summed E-state index contributed by atoms with van der Waals surface area (Å²) in [5.41, 5.74) is 2.14. The molecule has 2 aliphatic heterocycles. The molecule has 142 valence electrons. The van der Waals surface area contributed by atoms with E-state index in [9.17, 15) is 14.4 Å². The number of amides is 2. The number of rotatable bonds is 4. The SMILES string of the molecule is CC(=O)c1c(C)nn(CCC(=O)N2CCN3CCN(C)C(=O)[C@H]3C2)c1C. The summed E-state index contributed by atoms with van der Waals surface area (Å²) in [5, 5.41) is 4.39. The summed E-state index contributed by atoms with van der Waals surface area (Å²) in [6, 6.07) is -0.218. The number of fused-ring (bicyclic) bond motifs is 1. The average molecular weight is 361 g/mol. The predicted octanol–water partition coefficient (Wildman–Crippen LogP) is 0.0774. The van der Waals surface area contributed by atoms with Gasteiger partial charge in [-0.25, -0.2) is 0 Å². The Morgan fingerprint density at radius 1 is 1.15 bits per heavy atom. The fourth-order valence-corrected chi connectivity index (χ4v) is 3.98. The smallest absolute Gasteiger partial charge is 0.241 e. The molecule has 0 saturated carbocycles. The van der Waals surface area contributed by atoms with Crippen molar-refractivity contribution in [2.45, 2.75) is 39.8 Å². The van der Waals surface area contributed by atoms with Crippen molar-refractivity contribution in [2.24, 2.45) is 0 Å². The molecule has 0 bridgehead atoms. The van der Waals surface area contributed by atoms with Crippen molar-refractivity contribution < 1.29 is 14.4 Å². The molecule has 26 heavy (non-hydrogen) atoms. The highest BCUT2D eigenvalue weighted by atomic mass is 16.2. The lowest BCUT2D eigenvalue weighted by atomic mass is 10.1. The lowest BCUT2D eigenvalue weighted by molar-refractivity contribution is -0.147. The lowest BCUT2D eigenvalue weighted by Crippen LogP contribution is -2.64. The van der Waals surface area contributed by atoms with Gasteiger partial charge in [-0.05, 0) is 20.8 Å². The zero-order valence-corrected chi connectivity index (χ0v) is 16.0. The molecule has 0 aromatic carbocycles. The van der Waals surface area contributed by atoms with Crippen molar-refractivity contribution in [3.63, 3.8) is 0 Å². The Morgan fingerprint density at radius 3 is 2.50 bits per heavy atom. The number of carbonyl (C=O) groups excluding carboxylic acids is 3. The van der Waals surface area contributed by atoms with Gasteiger partial charge in [-0.1, -0.05) is 0 Å². The fourth-order valence-electron chi connectivity index (χ4n) is 3.98. The second-order valence-corrected chi connectivity index (χ2v) is 7.23. The van der Waals surface area contributed by atoms with Crippen LogP contribution < -0.4 is 0 Å². The van der Waals surface area contributed by atoms with Crippen LogP contribution in [0.5, 0.6) is 0 Å². The van der Waals surface area contributed by atoms with E-state index in [1.807, 2.05) is 20.9 Å². The highest BCUT2D eigenvalue weighted by Crippen LogP contribution is 2.18. The second kappa shape index (κ2) is 7.19. The summed E-state index contributed by atoms with van der Waals surface area (Å²) < 4.78 is 1.74. The van der Waals surface area contributed by atoms with E-state index >= 15 is 0 Å². The van der Waals surface area contributed by atoms with Crippen molar-refractivity contribution in [2.75, 3.05) is 39.8 Å². The third-order valence-electron chi connectivity index (χ3n) is 5.50. The maximum Gasteiger partial charge on any atom is 0.241 e. The number of nitrogens with zero attached hydrogens (tertiary/aromatic N) is 5. The number of Topliss-reactive ketones (excluding diaryl/α,β-unsaturated/α-hetero) is 1. The summed E-state index contributed by atoms with van der Waals surface area (Å²) in [6.07, 6.45) is 0.316. The maximum absolute atomic E-state index is 12.6. The molecule has 8 nitrogen and oxygen atoms in total. The Hall–Kier alpha value is -2.22. The number of aryl methyl sites for hydroxylation is 2. The van der Waals surface area contributed by atoms with Gasteiger partial charge in [-0.15, -0.1) is 0 Å². The van der Waals surface area contributed by atoms with Crippen LogP contribution in [0, 0.1) is 13.8 Å². The van der Waals surface area contributed by atoms with Crippen LogP contribution in [0.3, 0.4) is 0 Å². The normalized spacial score (nSPS) is 21.1. The summed E-state index contributed by atoms with van der Waals surface area (Å²) >= 11 is 0. The topological polar surface area (TPSA) is 78.8 Å². The van der Waals surface area contributed by atoms with Crippen molar-refractivity contribution in [3.8, 4) is 0 Å². The summed E-state index contributed by atoms with van der Waals surface area (Å²) in [4.78, 5) is 42.4. The van der Waals surface area contributed by atoms with E-state index < -0.39 is 0 Å². The van der Waals surface area contributed by atoms with Gasteiger partial charge in [0.05, 0.1) is 11.3 Å². The van der Waals surface area contributed by atoms with Crippen LogP contribution in [0.2, 0.25) is 0 Å². The third kappa shape index (κ3) is 3.38. The zero-order chi connectivity index (χ0) is 19.0. The van der Waals surface area contributed by atoms with Gasteiger partial charge in [-0.2, -0.15) is 5.10 Å². The second-order valence-electron chi connectivity index (χ2n) is 7.23. The minimum atomic E-state index is -0.218. The van der Waals surface area contributed by atoms with E-state index in [1.54, 1.807) is 14.5 Å². The van der Waals surface area contributed by atoms with Gasteiger partial charge in [0.25, 0.3) is 0 Å². The van der Waals surface area contributed by atoms with Crippen LogP contribution in [0.4, 0.5) is 0 Å². The van der Waals surface area contributed by atoms with E-state index in [4.69, 9.17) is 0 Å². The van der Waals surface area contributed by atoms with Gasteiger partial charge in [0.1, 0.15) is 6.04 Å². The number of ketones is 1. The molecule has 2 amide bonds. The molecule has 8 heteroatoms. The minimum Gasteiger partial charge on any atom is -0.343 e. The van der Waals surface area contributed by atoms with Gasteiger partial charge in [0.2, 0.25) is 11.8 Å². The van der Waals surface area contributed by atoms with Crippen LogP contribution in [0.25, 0.3) is 0 Å². The van der Waals surface area contributed by atoms with Crippen molar-refractivity contribution in [1.29, 1.82) is 0 Å². The average Bonchev–Trinajstić information content (AvgIpc) is 2.89. The highest BCUT2D eigenvalue weighted by molar-refractivity contribution is 5.96. The minimum absolute atomic E-state index is 0.00590. The number of hydrogen-bond donors (Lipinski definition) is 0. The van der Waals surface area contributed by atoms with Crippen molar-refractivity contribution in [3.05, 3.63) is 17.0 Å². The quantitative estimate of drug-likeness (QED) is 0.710. The highest BCUT2D eigenvalue weighted by Gasteiger charge is 2.38. The number of likely N-dealkylation sites (N-methyl/N-ethyl adjacent to an activating group) is 1. The van der Waals surface area contributed by atoms with Crippen LogP contribution in [0.15, 0.2) is 0 Å². The van der Waals surface area contributed by atoms with Gasteiger partial charge in [0, 0.05) is 58.4 Å². The van der Waals surface area contributed by atoms with Gasteiger partial charge < -0.3 is 9.80 Å². The van der Waals surface area contributed by atoms with Crippen molar-refractivity contribution in [1.82, 2.24) is 24.5 Å². The number of aromatic nitrogens is 2. The molecule has 3 rings (SSSR count). The summed E-state index contributed by atoms with van der Waals surface area (Å²) in [7, 11) is 1.82. The molecule has 2 saturated heterocycles. The number of carbonyl (C=O) groups is 3. The molecular formula is C18H27N5O3. The Balaban J connectivity index is 1.62.